The van der Waals surface area contributed by atoms with Gasteiger partial charge in [0.2, 0.25) is 0 Å². The summed E-state index contributed by atoms with van der Waals surface area (Å²) in [7, 11) is 0. The van der Waals surface area contributed by atoms with Gasteiger partial charge in [-0.3, -0.25) is 4.99 Å². The molecule has 122 valence electrons. The van der Waals surface area contributed by atoms with Gasteiger partial charge in [0.25, 0.3) is 0 Å². The van der Waals surface area contributed by atoms with E-state index < -0.39 is 5.97 Å². The number of aromatic carboxylic acids is 1. The molecule has 0 spiro atoms. The fourth-order valence-electron chi connectivity index (χ4n) is 2.68. The Kier molecular flexibility index (Phi) is 5.01. The zero-order chi connectivity index (χ0) is 16.8. The van der Waals surface area contributed by atoms with Crippen molar-refractivity contribution in [2.24, 2.45) is 4.99 Å². The number of hydrogen-bond acceptors (Lipinski definition) is 4. The van der Waals surface area contributed by atoms with E-state index in [4.69, 9.17) is 10.1 Å². The van der Waals surface area contributed by atoms with Gasteiger partial charge in [0.15, 0.2) is 0 Å². The third-order valence-electron chi connectivity index (χ3n) is 3.86. The molecule has 1 aliphatic rings. The van der Waals surface area contributed by atoms with Crippen molar-refractivity contribution in [3.05, 3.63) is 76.3 Å². The summed E-state index contributed by atoms with van der Waals surface area (Å²) in [5.74, 6) is -0.934. The molecule has 1 unspecified atom stereocenters. The highest BCUT2D eigenvalue weighted by Crippen LogP contribution is 2.27. The molecule has 0 amide bonds. The third-order valence-corrected chi connectivity index (χ3v) is 4.86. The minimum Gasteiger partial charge on any atom is -0.477 e. The molecule has 0 bridgehead atoms. The molecule has 1 aliphatic carbocycles. The van der Waals surface area contributed by atoms with Crippen LogP contribution in [-0.2, 0) is 12.8 Å². The van der Waals surface area contributed by atoms with Crippen LogP contribution in [0, 0.1) is 0 Å². The second-order valence-electron chi connectivity index (χ2n) is 5.70. The van der Waals surface area contributed by atoms with E-state index in [1.54, 1.807) is 0 Å². The lowest BCUT2D eigenvalue weighted by Crippen LogP contribution is -2.27. The molecule has 1 aromatic heterocycles. The van der Waals surface area contributed by atoms with Gasteiger partial charge < -0.3 is 5.11 Å². The number of carboxylic acid groups (broad SMARTS) is 1. The minimum absolute atomic E-state index is 0.262. The lowest BCUT2D eigenvalue weighted by atomic mass is 9.85. The summed E-state index contributed by atoms with van der Waals surface area (Å²) >= 11 is 1.20. The van der Waals surface area contributed by atoms with Crippen LogP contribution in [0.5, 0.6) is 0 Å². The third kappa shape index (κ3) is 4.06. The van der Waals surface area contributed by atoms with Crippen LogP contribution >= 0.6 is 11.3 Å². The van der Waals surface area contributed by atoms with Gasteiger partial charge in [-0.2, -0.15) is 0 Å². The van der Waals surface area contributed by atoms with Crippen molar-refractivity contribution < 1.29 is 9.90 Å². The van der Waals surface area contributed by atoms with E-state index in [1.165, 1.54) is 23.1 Å². The van der Waals surface area contributed by atoms with Crippen LogP contribution in [0.3, 0.4) is 0 Å². The average Bonchev–Trinajstić information content (AvgIpc) is 3.06. The highest BCUT2D eigenvalue weighted by molar-refractivity contribution is 7.13. The van der Waals surface area contributed by atoms with E-state index in [1.807, 2.05) is 36.6 Å². The van der Waals surface area contributed by atoms with Gasteiger partial charge in [0.1, 0.15) is 4.88 Å². The number of benzene rings is 1. The maximum Gasteiger partial charge on any atom is 0.347 e. The second-order valence-corrected chi connectivity index (χ2v) is 6.81. The lowest BCUT2D eigenvalue weighted by Gasteiger charge is -2.27. The number of thiazole rings is 1. The van der Waals surface area contributed by atoms with Gasteiger partial charge >= 0.3 is 5.97 Å². The van der Waals surface area contributed by atoms with Crippen molar-refractivity contribution in [2.45, 2.75) is 24.8 Å². The minimum atomic E-state index is -0.934. The van der Waals surface area contributed by atoms with Crippen molar-refractivity contribution >= 4 is 23.5 Å². The molecule has 1 N–H and O–H groups in total. The Bertz CT molecular complexity index is 793. The quantitative estimate of drug-likeness (QED) is 0.811. The first-order valence-electron chi connectivity index (χ1n) is 7.77. The fraction of sp³-hybridized carbons (Fsp3) is 0.211. The molecule has 0 saturated heterocycles. The molecule has 0 aliphatic heterocycles. The molecule has 0 radical (unpaired) electrons. The number of carboxylic acids is 1. The largest absolute Gasteiger partial charge is 0.477 e. The maximum absolute atomic E-state index is 10.9. The van der Waals surface area contributed by atoms with Gasteiger partial charge in [0.05, 0.1) is 16.7 Å². The first-order chi connectivity index (χ1) is 11.7. The Morgan fingerprint density at radius 1 is 1.33 bits per heavy atom. The molecule has 5 heteroatoms. The summed E-state index contributed by atoms with van der Waals surface area (Å²) in [6, 6.07) is 10.3. The monoisotopic (exact) mass is 338 g/mol. The van der Waals surface area contributed by atoms with E-state index in [0.717, 1.165) is 17.8 Å². The summed E-state index contributed by atoms with van der Waals surface area (Å²) in [6.45, 7) is 0. The van der Waals surface area contributed by atoms with Crippen molar-refractivity contribution in [3.8, 4) is 0 Å². The number of hydrogen-bond donors (Lipinski definition) is 1. The highest BCUT2D eigenvalue weighted by atomic mass is 32.1. The standard InChI is InChI=1S/C19H18N2O2S/c22-18(23)16-14-20-17(24-16)9-12-21-19(10-5-2-6-11-19)13-15-7-3-1-4-8-15/h1-8,10,12,14H,9,11,13H2,(H,22,23)/b21-12+. The maximum atomic E-state index is 10.9. The molecule has 0 saturated carbocycles. The molecule has 1 heterocycles. The summed E-state index contributed by atoms with van der Waals surface area (Å²) in [6.07, 6.45) is 13.8. The van der Waals surface area contributed by atoms with Crippen LogP contribution in [0.1, 0.15) is 26.7 Å². The molecule has 4 nitrogen and oxygen atoms in total. The molecule has 1 atom stereocenters. The molecule has 2 aromatic rings. The van der Waals surface area contributed by atoms with Crippen molar-refractivity contribution in [3.63, 3.8) is 0 Å². The number of carbonyl (C=O) groups is 1. The smallest absolute Gasteiger partial charge is 0.347 e. The molecular weight excluding hydrogens is 320 g/mol. The Morgan fingerprint density at radius 3 is 2.83 bits per heavy atom. The molecule has 24 heavy (non-hydrogen) atoms. The summed E-state index contributed by atoms with van der Waals surface area (Å²) in [5.41, 5.74) is 0.972. The number of allylic oxidation sites excluding steroid dienone is 2. The van der Waals surface area contributed by atoms with Crippen molar-refractivity contribution in [1.82, 2.24) is 4.98 Å². The van der Waals surface area contributed by atoms with E-state index in [0.29, 0.717) is 6.42 Å². The van der Waals surface area contributed by atoms with Gasteiger partial charge in [-0.1, -0.05) is 54.6 Å². The van der Waals surface area contributed by atoms with Gasteiger partial charge in [-0.05, 0) is 12.0 Å². The first kappa shape index (κ1) is 16.3. The normalized spacial score (nSPS) is 19.8. The Labute approximate surface area is 144 Å². The van der Waals surface area contributed by atoms with Gasteiger partial charge in [-0.15, -0.1) is 11.3 Å². The number of aromatic nitrogens is 1. The Hall–Kier alpha value is -2.53. The molecule has 0 fully saturated rings. The lowest BCUT2D eigenvalue weighted by molar-refractivity contribution is 0.0702. The topological polar surface area (TPSA) is 62.5 Å². The SMILES string of the molecule is O=C(O)c1cnc(C/C=N/C2(Cc3ccccc3)C=CC=CC2)s1. The molecule has 1 aromatic carbocycles. The predicted molar refractivity (Wildman–Crippen MR) is 97.0 cm³/mol. The van der Waals surface area contributed by atoms with Crippen molar-refractivity contribution in [2.75, 3.05) is 0 Å². The summed E-state index contributed by atoms with van der Waals surface area (Å²) in [4.78, 5) is 20.1. The van der Waals surface area contributed by atoms with Crippen molar-refractivity contribution in [1.29, 1.82) is 0 Å². The van der Waals surface area contributed by atoms with E-state index in [9.17, 15) is 4.79 Å². The summed E-state index contributed by atoms with van der Waals surface area (Å²) < 4.78 is 0. The van der Waals surface area contributed by atoms with Crippen LogP contribution in [0.25, 0.3) is 0 Å². The van der Waals surface area contributed by atoms with Crippen LogP contribution in [0.15, 0.2) is 65.8 Å². The second kappa shape index (κ2) is 7.36. The first-order valence-corrected chi connectivity index (χ1v) is 8.58. The van der Waals surface area contributed by atoms with Crippen LogP contribution in [0.2, 0.25) is 0 Å². The van der Waals surface area contributed by atoms with E-state index in [2.05, 4.69) is 29.3 Å². The van der Waals surface area contributed by atoms with E-state index >= 15 is 0 Å². The Morgan fingerprint density at radius 2 is 2.17 bits per heavy atom. The zero-order valence-corrected chi connectivity index (χ0v) is 13.9. The van der Waals surface area contributed by atoms with Crippen LogP contribution in [-0.4, -0.2) is 27.8 Å². The van der Waals surface area contributed by atoms with E-state index in [-0.39, 0.29) is 10.4 Å². The van der Waals surface area contributed by atoms with Crippen LogP contribution < -0.4 is 0 Å². The fourth-order valence-corrected chi connectivity index (χ4v) is 3.39. The van der Waals surface area contributed by atoms with Gasteiger partial charge in [-0.25, -0.2) is 9.78 Å². The number of rotatable bonds is 6. The number of nitrogens with zero attached hydrogens (tertiary/aromatic N) is 2. The molecule has 3 rings (SSSR count). The summed E-state index contributed by atoms with van der Waals surface area (Å²) in [5, 5.41) is 9.72. The Balaban J connectivity index is 1.73. The predicted octanol–water partition coefficient (Wildman–Crippen LogP) is 3.95. The zero-order valence-electron chi connectivity index (χ0n) is 13.1. The van der Waals surface area contributed by atoms with Gasteiger partial charge in [0, 0.05) is 19.1 Å². The van der Waals surface area contributed by atoms with Crippen LogP contribution in [0.4, 0.5) is 0 Å². The average molecular weight is 338 g/mol. The molecular formula is C19H18N2O2S. The number of aliphatic imine (C=N–C) groups is 1. The highest BCUT2D eigenvalue weighted by Gasteiger charge is 2.26.